The molecule has 2 N–H and O–H groups in total. The lowest BCUT2D eigenvalue weighted by molar-refractivity contribution is 0.317. The average Bonchev–Trinajstić information content (AvgIpc) is 2.37. The second kappa shape index (κ2) is 5.89. The van der Waals surface area contributed by atoms with Gasteiger partial charge in [-0.3, -0.25) is 9.88 Å². The second-order valence-electron chi connectivity index (χ2n) is 4.26. The first kappa shape index (κ1) is 12.9. The van der Waals surface area contributed by atoms with Gasteiger partial charge in [-0.25, -0.2) is 0 Å². The molecule has 18 heavy (non-hydrogen) atoms. The lowest BCUT2D eigenvalue weighted by Gasteiger charge is -2.19. The molecule has 0 atom stereocenters. The maximum absolute atomic E-state index is 5.58. The van der Waals surface area contributed by atoms with E-state index in [0.29, 0.717) is 11.5 Å². The summed E-state index contributed by atoms with van der Waals surface area (Å²) in [5, 5.41) is 1.17. The summed E-state index contributed by atoms with van der Waals surface area (Å²) in [7, 11) is 0. The molecule has 2 rings (SSSR count). The van der Waals surface area contributed by atoms with Crippen LogP contribution in [0.15, 0.2) is 36.4 Å². The second-order valence-corrected chi connectivity index (χ2v) is 4.79. The molecule has 1 aromatic carbocycles. The third kappa shape index (κ3) is 3.24. The maximum Gasteiger partial charge on any atom is 0.0870 e. The van der Waals surface area contributed by atoms with Gasteiger partial charge in [0, 0.05) is 18.5 Å². The average molecular weight is 259 g/mol. The van der Waals surface area contributed by atoms with Crippen molar-refractivity contribution in [3.8, 4) is 0 Å². The molecule has 0 saturated carbocycles. The van der Waals surface area contributed by atoms with Gasteiger partial charge in [-0.2, -0.15) is 0 Å². The third-order valence-corrected chi connectivity index (χ3v) is 3.00. The fourth-order valence-electron chi connectivity index (χ4n) is 1.93. The SMILES string of the molecule is CCN(CC(N)=S)Cc1ccc2ccccc2n1. The summed E-state index contributed by atoms with van der Waals surface area (Å²) < 4.78 is 0. The largest absolute Gasteiger partial charge is 0.392 e. The van der Waals surface area contributed by atoms with Crippen LogP contribution in [0.5, 0.6) is 0 Å². The van der Waals surface area contributed by atoms with Crippen LogP contribution in [0.1, 0.15) is 12.6 Å². The van der Waals surface area contributed by atoms with Gasteiger partial charge in [-0.1, -0.05) is 43.4 Å². The van der Waals surface area contributed by atoms with E-state index in [-0.39, 0.29) is 0 Å². The molecular formula is C14H17N3S. The maximum atomic E-state index is 5.58. The van der Waals surface area contributed by atoms with Crippen molar-refractivity contribution in [1.82, 2.24) is 9.88 Å². The fourth-order valence-corrected chi connectivity index (χ4v) is 2.11. The van der Waals surface area contributed by atoms with Crippen molar-refractivity contribution in [2.75, 3.05) is 13.1 Å². The summed E-state index contributed by atoms with van der Waals surface area (Å²) in [4.78, 5) is 7.35. The Kier molecular flexibility index (Phi) is 4.23. The molecule has 0 spiro atoms. The topological polar surface area (TPSA) is 42.1 Å². The highest BCUT2D eigenvalue weighted by molar-refractivity contribution is 7.80. The summed E-state index contributed by atoms with van der Waals surface area (Å²) in [5.41, 5.74) is 7.66. The first-order chi connectivity index (χ1) is 8.69. The van der Waals surface area contributed by atoms with Crippen LogP contribution >= 0.6 is 12.2 Å². The quantitative estimate of drug-likeness (QED) is 0.837. The van der Waals surface area contributed by atoms with Crippen molar-refractivity contribution in [1.29, 1.82) is 0 Å². The van der Waals surface area contributed by atoms with E-state index in [2.05, 4.69) is 35.0 Å². The molecule has 3 nitrogen and oxygen atoms in total. The summed E-state index contributed by atoms with van der Waals surface area (Å²) in [6.45, 7) is 4.42. The monoisotopic (exact) mass is 259 g/mol. The van der Waals surface area contributed by atoms with Crippen LogP contribution < -0.4 is 5.73 Å². The fraction of sp³-hybridized carbons (Fsp3) is 0.286. The number of nitrogens with zero attached hydrogens (tertiary/aromatic N) is 2. The molecule has 94 valence electrons. The molecule has 0 saturated heterocycles. The van der Waals surface area contributed by atoms with E-state index in [1.807, 2.05) is 18.2 Å². The molecule has 1 heterocycles. The van der Waals surface area contributed by atoms with Gasteiger partial charge in [0.25, 0.3) is 0 Å². The van der Waals surface area contributed by atoms with Crippen LogP contribution in [-0.2, 0) is 6.54 Å². The van der Waals surface area contributed by atoms with Crippen molar-refractivity contribution in [3.05, 3.63) is 42.1 Å². The van der Waals surface area contributed by atoms with Crippen molar-refractivity contribution in [2.24, 2.45) is 5.73 Å². The van der Waals surface area contributed by atoms with E-state index < -0.39 is 0 Å². The zero-order chi connectivity index (χ0) is 13.0. The van der Waals surface area contributed by atoms with Crippen LogP contribution in [0.4, 0.5) is 0 Å². The van der Waals surface area contributed by atoms with Crippen LogP contribution in [0.2, 0.25) is 0 Å². The summed E-state index contributed by atoms with van der Waals surface area (Å²) in [5.74, 6) is 0. The number of fused-ring (bicyclic) bond motifs is 1. The first-order valence-corrected chi connectivity index (χ1v) is 6.45. The molecular weight excluding hydrogens is 242 g/mol. The van der Waals surface area contributed by atoms with E-state index in [1.165, 1.54) is 5.39 Å². The summed E-state index contributed by atoms with van der Waals surface area (Å²) in [6, 6.07) is 12.3. The number of hydrogen-bond acceptors (Lipinski definition) is 3. The zero-order valence-corrected chi connectivity index (χ0v) is 11.3. The summed E-state index contributed by atoms with van der Waals surface area (Å²) >= 11 is 4.95. The van der Waals surface area contributed by atoms with Gasteiger partial charge >= 0.3 is 0 Å². The molecule has 0 fully saturated rings. The van der Waals surface area contributed by atoms with E-state index >= 15 is 0 Å². The molecule has 0 bridgehead atoms. The minimum absolute atomic E-state index is 0.526. The number of thiocarbonyl (C=S) groups is 1. The van der Waals surface area contributed by atoms with Crippen LogP contribution in [0.25, 0.3) is 10.9 Å². The lowest BCUT2D eigenvalue weighted by Crippen LogP contribution is -2.32. The Morgan fingerprint density at radius 2 is 2.06 bits per heavy atom. The molecule has 0 aliphatic rings. The molecule has 0 unspecified atom stereocenters. The number of likely N-dealkylation sites (N-methyl/N-ethyl adjacent to an activating group) is 1. The normalized spacial score (nSPS) is 11.0. The standard InChI is InChI=1S/C14H17N3S/c1-2-17(10-14(15)18)9-12-8-7-11-5-3-4-6-13(11)16-12/h3-8H,2,9-10H2,1H3,(H2,15,18). The van der Waals surface area contributed by atoms with E-state index in [9.17, 15) is 0 Å². The number of pyridine rings is 1. The smallest absolute Gasteiger partial charge is 0.0870 e. The molecule has 2 aromatic rings. The molecule has 0 amide bonds. The van der Waals surface area contributed by atoms with Crippen molar-refractivity contribution >= 4 is 28.1 Å². The highest BCUT2D eigenvalue weighted by atomic mass is 32.1. The third-order valence-electron chi connectivity index (χ3n) is 2.87. The van der Waals surface area contributed by atoms with Crippen LogP contribution in [0.3, 0.4) is 0 Å². The van der Waals surface area contributed by atoms with Crippen molar-refractivity contribution in [3.63, 3.8) is 0 Å². The first-order valence-electron chi connectivity index (χ1n) is 6.04. The number of benzene rings is 1. The summed E-state index contributed by atoms with van der Waals surface area (Å²) in [6.07, 6.45) is 0. The Labute approximate surface area is 113 Å². The van der Waals surface area contributed by atoms with E-state index in [1.54, 1.807) is 0 Å². The molecule has 1 aromatic heterocycles. The van der Waals surface area contributed by atoms with Crippen molar-refractivity contribution in [2.45, 2.75) is 13.5 Å². The van der Waals surface area contributed by atoms with Gasteiger partial charge < -0.3 is 5.73 Å². The number of rotatable bonds is 5. The molecule has 4 heteroatoms. The number of aromatic nitrogens is 1. The minimum Gasteiger partial charge on any atom is -0.392 e. The van der Waals surface area contributed by atoms with E-state index in [0.717, 1.165) is 24.3 Å². The van der Waals surface area contributed by atoms with Gasteiger partial charge in [-0.05, 0) is 18.7 Å². The van der Waals surface area contributed by atoms with Gasteiger partial charge in [0.2, 0.25) is 0 Å². The highest BCUT2D eigenvalue weighted by Crippen LogP contribution is 2.12. The van der Waals surface area contributed by atoms with Crippen molar-refractivity contribution < 1.29 is 0 Å². The zero-order valence-electron chi connectivity index (χ0n) is 10.5. The Bertz CT molecular complexity index is 553. The Morgan fingerprint density at radius 3 is 2.78 bits per heavy atom. The Balaban J connectivity index is 2.17. The molecule has 0 aliphatic carbocycles. The van der Waals surface area contributed by atoms with Gasteiger partial charge in [-0.15, -0.1) is 0 Å². The number of hydrogen-bond donors (Lipinski definition) is 1. The minimum atomic E-state index is 0.526. The molecule has 0 aliphatic heterocycles. The predicted molar refractivity (Wildman–Crippen MR) is 79.5 cm³/mol. The van der Waals surface area contributed by atoms with Crippen LogP contribution in [0, 0.1) is 0 Å². The lowest BCUT2D eigenvalue weighted by atomic mass is 10.2. The highest BCUT2D eigenvalue weighted by Gasteiger charge is 2.06. The number of para-hydroxylation sites is 1. The Morgan fingerprint density at radius 1 is 1.28 bits per heavy atom. The molecule has 0 radical (unpaired) electrons. The van der Waals surface area contributed by atoms with E-state index in [4.69, 9.17) is 18.0 Å². The van der Waals surface area contributed by atoms with Gasteiger partial charge in [0.15, 0.2) is 0 Å². The Hall–Kier alpha value is -1.52. The predicted octanol–water partition coefficient (Wildman–Crippen LogP) is 2.34. The van der Waals surface area contributed by atoms with Gasteiger partial charge in [0.1, 0.15) is 0 Å². The number of nitrogens with two attached hydrogens (primary N) is 1. The van der Waals surface area contributed by atoms with Crippen LogP contribution in [-0.4, -0.2) is 28.0 Å². The van der Waals surface area contributed by atoms with Gasteiger partial charge in [0.05, 0.1) is 16.2 Å².